The van der Waals surface area contributed by atoms with E-state index in [9.17, 15) is 9.59 Å². The molecule has 0 bridgehead atoms. The van der Waals surface area contributed by atoms with Gasteiger partial charge in [0.15, 0.2) is 5.76 Å². The SMILES string of the molecule is CNC(=O)c1cc(=O)n(CCN2CCC(NCc3cc(-c4cccs4)on3)CC2)c2cc(C)ccc12. The first-order valence-corrected chi connectivity index (χ1v) is 13.2. The van der Waals surface area contributed by atoms with Gasteiger partial charge in [0.05, 0.1) is 21.7 Å². The molecule has 1 aliphatic heterocycles. The highest BCUT2D eigenvalue weighted by atomic mass is 32.1. The number of carbonyl (C=O) groups is 1. The molecule has 188 valence electrons. The summed E-state index contributed by atoms with van der Waals surface area (Å²) in [6, 6.07) is 13.8. The second-order valence-electron chi connectivity index (χ2n) is 9.30. The van der Waals surface area contributed by atoms with Crippen molar-refractivity contribution in [3.8, 4) is 10.6 Å². The summed E-state index contributed by atoms with van der Waals surface area (Å²) in [5.41, 5.74) is 3.08. The van der Waals surface area contributed by atoms with Crippen LogP contribution in [-0.2, 0) is 13.1 Å². The van der Waals surface area contributed by atoms with Crippen molar-refractivity contribution in [3.05, 3.63) is 75.0 Å². The molecule has 0 aliphatic carbocycles. The molecule has 0 unspecified atom stereocenters. The third-order valence-electron chi connectivity index (χ3n) is 6.86. The lowest BCUT2D eigenvalue weighted by Crippen LogP contribution is -2.43. The van der Waals surface area contributed by atoms with E-state index in [0.29, 0.717) is 24.7 Å². The van der Waals surface area contributed by atoms with Crippen LogP contribution in [0.5, 0.6) is 0 Å². The van der Waals surface area contributed by atoms with Gasteiger partial charge in [0, 0.05) is 50.2 Å². The summed E-state index contributed by atoms with van der Waals surface area (Å²) in [4.78, 5) is 28.8. The Bertz CT molecular complexity index is 1400. The molecule has 0 radical (unpaired) electrons. The van der Waals surface area contributed by atoms with Crippen LogP contribution in [0, 0.1) is 6.92 Å². The maximum absolute atomic E-state index is 12.9. The minimum absolute atomic E-state index is 0.141. The topological polar surface area (TPSA) is 92.4 Å². The molecule has 3 aromatic heterocycles. The van der Waals surface area contributed by atoms with Crippen LogP contribution in [0.4, 0.5) is 0 Å². The molecule has 4 heterocycles. The first kappa shape index (κ1) is 24.4. The van der Waals surface area contributed by atoms with E-state index in [0.717, 1.165) is 65.3 Å². The third-order valence-corrected chi connectivity index (χ3v) is 7.75. The molecular weight excluding hydrogens is 474 g/mol. The number of likely N-dealkylation sites (tertiary alicyclic amines) is 1. The van der Waals surface area contributed by atoms with Gasteiger partial charge in [-0.15, -0.1) is 11.3 Å². The maximum Gasteiger partial charge on any atom is 0.251 e. The second-order valence-corrected chi connectivity index (χ2v) is 10.3. The molecule has 4 aromatic rings. The van der Waals surface area contributed by atoms with Crippen LogP contribution >= 0.6 is 11.3 Å². The van der Waals surface area contributed by atoms with Crippen LogP contribution in [0.1, 0.15) is 34.5 Å². The minimum atomic E-state index is -0.240. The smallest absolute Gasteiger partial charge is 0.251 e. The lowest BCUT2D eigenvalue weighted by atomic mass is 10.0. The number of hydrogen-bond acceptors (Lipinski definition) is 7. The Morgan fingerprint density at radius 2 is 2.00 bits per heavy atom. The lowest BCUT2D eigenvalue weighted by Gasteiger charge is -2.32. The van der Waals surface area contributed by atoms with E-state index in [-0.39, 0.29) is 11.5 Å². The van der Waals surface area contributed by atoms with Crippen LogP contribution in [0.2, 0.25) is 0 Å². The van der Waals surface area contributed by atoms with Crippen molar-refractivity contribution in [2.24, 2.45) is 0 Å². The van der Waals surface area contributed by atoms with Gasteiger partial charge in [0.2, 0.25) is 0 Å². The first-order chi connectivity index (χ1) is 17.5. The summed E-state index contributed by atoms with van der Waals surface area (Å²) in [5.74, 6) is 0.578. The zero-order valence-corrected chi connectivity index (χ0v) is 21.4. The molecule has 0 atom stereocenters. The van der Waals surface area contributed by atoms with Crippen molar-refractivity contribution < 1.29 is 9.32 Å². The predicted molar refractivity (Wildman–Crippen MR) is 142 cm³/mol. The molecule has 1 amide bonds. The van der Waals surface area contributed by atoms with Gasteiger partial charge in [-0.3, -0.25) is 9.59 Å². The maximum atomic E-state index is 12.9. The lowest BCUT2D eigenvalue weighted by molar-refractivity contribution is 0.0964. The summed E-state index contributed by atoms with van der Waals surface area (Å²) in [6.45, 7) is 6.02. The molecule has 5 rings (SSSR count). The van der Waals surface area contributed by atoms with Gasteiger partial charge in [-0.05, 0) is 55.9 Å². The quantitative estimate of drug-likeness (QED) is 0.380. The highest BCUT2D eigenvalue weighted by Crippen LogP contribution is 2.25. The molecule has 0 spiro atoms. The summed E-state index contributed by atoms with van der Waals surface area (Å²) in [6.07, 6.45) is 2.08. The Kier molecular flexibility index (Phi) is 7.31. The number of piperidine rings is 1. The fourth-order valence-electron chi connectivity index (χ4n) is 4.82. The number of thiophene rings is 1. The molecule has 0 saturated carbocycles. The highest BCUT2D eigenvalue weighted by Gasteiger charge is 2.20. The Morgan fingerprint density at radius 1 is 1.17 bits per heavy atom. The largest absolute Gasteiger partial charge is 0.355 e. The van der Waals surface area contributed by atoms with Crippen molar-refractivity contribution in [2.45, 2.75) is 38.9 Å². The Labute approximate surface area is 213 Å². The molecule has 1 fully saturated rings. The molecule has 1 aliphatic rings. The Morgan fingerprint density at radius 3 is 2.75 bits per heavy atom. The number of aromatic nitrogens is 2. The van der Waals surface area contributed by atoms with Gasteiger partial charge in [0.1, 0.15) is 0 Å². The van der Waals surface area contributed by atoms with E-state index in [1.54, 1.807) is 23.0 Å². The normalized spacial score (nSPS) is 14.9. The van der Waals surface area contributed by atoms with E-state index in [1.807, 2.05) is 48.7 Å². The molecule has 8 nitrogen and oxygen atoms in total. The van der Waals surface area contributed by atoms with Gasteiger partial charge in [-0.2, -0.15) is 0 Å². The second kappa shape index (κ2) is 10.8. The summed E-state index contributed by atoms with van der Waals surface area (Å²) < 4.78 is 7.28. The Balaban J connectivity index is 1.17. The number of rotatable bonds is 8. The predicted octanol–water partition coefficient (Wildman–Crippen LogP) is 3.64. The number of benzene rings is 1. The van der Waals surface area contributed by atoms with Crippen LogP contribution < -0.4 is 16.2 Å². The van der Waals surface area contributed by atoms with E-state index in [4.69, 9.17) is 4.52 Å². The van der Waals surface area contributed by atoms with Crippen LogP contribution in [0.25, 0.3) is 21.5 Å². The number of nitrogens with zero attached hydrogens (tertiary/aromatic N) is 3. The number of amides is 1. The fourth-order valence-corrected chi connectivity index (χ4v) is 5.50. The summed E-state index contributed by atoms with van der Waals surface area (Å²) in [5, 5.41) is 13.3. The van der Waals surface area contributed by atoms with Gasteiger partial charge >= 0.3 is 0 Å². The third kappa shape index (κ3) is 5.28. The average molecular weight is 506 g/mol. The van der Waals surface area contributed by atoms with E-state index >= 15 is 0 Å². The van der Waals surface area contributed by atoms with Gasteiger partial charge in [0.25, 0.3) is 11.5 Å². The highest BCUT2D eigenvalue weighted by molar-refractivity contribution is 7.13. The fraction of sp³-hybridized carbons (Fsp3) is 0.370. The van der Waals surface area contributed by atoms with E-state index in [2.05, 4.69) is 20.7 Å². The van der Waals surface area contributed by atoms with E-state index in [1.165, 1.54) is 6.07 Å². The standard InChI is InChI=1S/C27H31N5O3S/c1-18-5-6-21-22(27(34)28-2)16-26(33)32(23(21)14-18)12-11-31-9-7-19(8-10-31)29-17-20-15-24(35-30-20)25-4-3-13-36-25/h3-6,13-16,19,29H,7-12,17H2,1-2H3,(H,28,34). The van der Waals surface area contributed by atoms with Gasteiger partial charge < -0.3 is 24.6 Å². The molecular formula is C27H31N5O3S. The average Bonchev–Trinajstić information content (AvgIpc) is 3.59. The number of carbonyl (C=O) groups excluding carboxylic acids is 1. The van der Waals surface area contributed by atoms with Crippen LogP contribution in [-0.4, -0.2) is 53.3 Å². The van der Waals surface area contributed by atoms with Crippen LogP contribution in [0.3, 0.4) is 0 Å². The van der Waals surface area contributed by atoms with E-state index < -0.39 is 0 Å². The van der Waals surface area contributed by atoms with Crippen molar-refractivity contribution in [1.82, 2.24) is 25.3 Å². The van der Waals surface area contributed by atoms with Crippen molar-refractivity contribution >= 4 is 28.1 Å². The Hall–Kier alpha value is -3.27. The van der Waals surface area contributed by atoms with Gasteiger partial charge in [-0.1, -0.05) is 23.4 Å². The molecule has 1 aromatic carbocycles. The zero-order valence-electron chi connectivity index (χ0n) is 20.6. The van der Waals surface area contributed by atoms with Crippen molar-refractivity contribution in [3.63, 3.8) is 0 Å². The summed E-state index contributed by atoms with van der Waals surface area (Å²) in [7, 11) is 1.58. The number of hydrogen-bond donors (Lipinski definition) is 2. The van der Waals surface area contributed by atoms with Crippen LogP contribution in [0.15, 0.2) is 57.2 Å². The number of nitrogens with one attached hydrogen (secondary N) is 2. The molecule has 2 N–H and O–H groups in total. The first-order valence-electron chi connectivity index (χ1n) is 12.3. The minimum Gasteiger partial charge on any atom is -0.355 e. The van der Waals surface area contributed by atoms with Gasteiger partial charge in [-0.25, -0.2) is 0 Å². The molecule has 1 saturated heterocycles. The number of fused-ring (bicyclic) bond motifs is 1. The van der Waals surface area contributed by atoms with Crippen molar-refractivity contribution in [1.29, 1.82) is 0 Å². The number of aryl methyl sites for hydroxylation is 1. The monoisotopic (exact) mass is 505 g/mol. The number of pyridine rings is 1. The van der Waals surface area contributed by atoms with Crippen molar-refractivity contribution in [2.75, 3.05) is 26.7 Å². The molecule has 36 heavy (non-hydrogen) atoms. The molecule has 9 heteroatoms. The zero-order chi connectivity index (χ0) is 25.1. The summed E-state index contributed by atoms with van der Waals surface area (Å²) >= 11 is 1.64.